The number of carboxylic acid groups (broad SMARTS) is 1. The minimum absolute atomic E-state index is 0.497. The lowest BCUT2D eigenvalue weighted by atomic mass is 10.1. The van der Waals surface area contributed by atoms with Gasteiger partial charge >= 0.3 is 5.97 Å². The molecular formula is C20H26N2O2S. The molecule has 4 nitrogen and oxygen atoms in total. The van der Waals surface area contributed by atoms with Crippen LogP contribution in [0.1, 0.15) is 18.9 Å². The third-order valence-electron chi connectivity index (χ3n) is 4.09. The highest BCUT2D eigenvalue weighted by molar-refractivity contribution is 7.98. The Hall–Kier alpha value is -1.98. The smallest absolute Gasteiger partial charge is 0.320 e. The average molecular weight is 359 g/mol. The molecule has 0 fully saturated rings. The van der Waals surface area contributed by atoms with Crippen LogP contribution in [0.3, 0.4) is 0 Å². The fraction of sp³-hybridized carbons (Fsp3) is 0.350. The lowest BCUT2D eigenvalue weighted by Gasteiger charge is -2.23. The first kappa shape index (κ1) is 19.3. The van der Waals surface area contributed by atoms with Crippen LogP contribution in [0, 0.1) is 0 Å². The molecule has 0 saturated carbocycles. The van der Waals surface area contributed by atoms with Crippen molar-refractivity contribution in [3.05, 3.63) is 60.2 Å². The molecule has 25 heavy (non-hydrogen) atoms. The van der Waals surface area contributed by atoms with E-state index in [-0.39, 0.29) is 0 Å². The molecule has 2 aromatic rings. The van der Waals surface area contributed by atoms with Crippen molar-refractivity contribution in [2.45, 2.75) is 25.9 Å². The van der Waals surface area contributed by atoms with Crippen molar-refractivity contribution < 1.29 is 9.90 Å². The quantitative estimate of drug-likeness (QED) is 0.668. The number of hydrogen-bond donors (Lipinski definition) is 2. The van der Waals surface area contributed by atoms with Gasteiger partial charge in [-0.1, -0.05) is 30.3 Å². The Kier molecular flexibility index (Phi) is 7.82. The Bertz CT molecular complexity index is 647. The first-order chi connectivity index (χ1) is 12.2. The van der Waals surface area contributed by atoms with E-state index in [9.17, 15) is 9.90 Å². The largest absolute Gasteiger partial charge is 0.480 e. The summed E-state index contributed by atoms with van der Waals surface area (Å²) in [6.45, 7) is 3.58. The molecule has 0 spiro atoms. The highest BCUT2D eigenvalue weighted by atomic mass is 32.2. The van der Waals surface area contributed by atoms with E-state index in [1.165, 1.54) is 5.69 Å². The molecule has 0 heterocycles. The first-order valence-electron chi connectivity index (χ1n) is 8.52. The average Bonchev–Trinajstić information content (AvgIpc) is 2.64. The standard InChI is InChI=1S/C20H26N2O2S/c1-3-22(17-7-5-4-6-8-17)18-11-9-16(10-12-18)15-21-19(20(23)24)13-14-25-2/h4-12,19,21H,3,13-15H2,1-2H3,(H,23,24)/t19-/m0/s1. The number of thioether (sulfide) groups is 1. The van der Waals surface area contributed by atoms with Crippen LogP contribution >= 0.6 is 11.8 Å². The number of benzene rings is 2. The van der Waals surface area contributed by atoms with Gasteiger partial charge < -0.3 is 15.3 Å². The van der Waals surface area contributed by atoms with Crippen molar-refractivity contribution in [2.24, 2.45) is 0 Å². The summed E-state index contributed by atoms with van der Waals surface area (Å²) in [6, 6.07) is 18.1. The van der Waals surface area contributed by atoms with E-state index in [1.807, 2.05) is 24.5 Å². The minimum atomic E-state index is -0.785. The van der Waals surface area contributed by atoms with Crippen molar-refractivity contribution in [3.63, 3.8) is 0 Å². The molecule has 0 amide bonds. The summed E-state index contributed by atoms with van der Waals surface area (Å²) < 4.78 is 0. The molecule has 5 heteroatoms. The second-order valence-corrected chi connectivity index (χ2v) is 6.79. The minimum Gasteiger partial charge on any atom is -0.480 e. The van der Waals surface area contributed by atoms with Crippen LogP contribution < -0.4 is 10.2 Å². The Labute approximate surface area is 154 Å². The normalized spacial score (nSPS) is 11.9. The molecule has 0 unspecified atom stereocenters. The van der Waals surface area contributed by atoms with Gasteiger partial charge in [-0.3, -0.25) is 4.79 Å². The van der Waals surface area contributed by atoms with E-state index in [0.717, 1.165) is 23.5 Å². The van der Waals surface area contributed by atoms with Crippen LogP contribution in [-0.4, -0.2) is 35.7 Å². The van der Waals surface area contributed by atoms with Gasteiger partial charge in [-0.05, 0) is 55.2 Å². The van der Waals surface area contributed by atoms with Gasteiger partial charge in [-0.15, -0.1) is 0 Å². The lowest BCUT2D eigenvalue weighted by molar-refractivity contribution is -0.139. The molecule has 0 aliphatic heterocycles. The van der Waals surface area contributed by atoms with E-state index >= 15 is 0 Å². The van der Waals surface area contributed by atoms with Crippen LogP contribution in [0.5, 0.6) is 0 Å². The monoisotopic (exact) mass is 358 g/mol. The number of carbonyl (C=O) groups is 1. The molecule has 0 saturated heterocycles. The lowest BCUT2D eigenvalue weighted by Crippen LogP contribution is -2.36. The summed E-state index contributed by atoms with van der Waals surface area (Å²) in [6.07, 6.45) is 2.62. The summed E-state index contributed by atoms with van der Waals surface area (Å²) in [5.41, 5.74) is 3.39. The van der Waals surface area contributed by atoms with Gasteiger partial charge in [-0.25, -0.2) is 0 Å². The molecule has 2 rings (SSSR count). The zero-order chi connectivity index (χ0) is 18.1. The van der Waals surface area contributed by atoms with E-state index in [4.69, 9.17) is 0 Å². The molecule has 2 aromatic carbocycles. The van der Waals surface area contributed by atoms with Gasteiger partial charge in [0.15, 0.2) is 0 Å². The van der Waals surface area contributed by atoms with Gasteiger partial charge in [0, 0.05) is 24.5 Å². The second-order valence-electron chi connectivity index (χ2n) is 5.80. The fourth-order valence-corrected chi connectivity index (χ4v) is 3.18. The first-order valence-corrected chi connectivity index (χ1v) is 9.91. The third-order valence-corrected chi connectivity index (χ3v) is 4.74. The Balaban J connectivity index is 2.00. The fourth-order valence-electron chi connectivity index (χ4n) is 2.71. The van der Waals surface area contributed by atoms with Crippen LogP contribution in [-0.2, 0) is 11.3 Å². The number of nitrogens with one attached hydrogen (secondary N) is 1. The molecule has 0 aromatic heterocycles. The summed E-state index contributed by atoms with van der Waals surface area (Å²) in [5, 5.41) is 12.4. The number of nitrogens with zero attached hydrogens (tertiary/aromatic N) is 1. The maximum absolute atomic E-state index is 11.3. The topological polar surface area (TPSA) is 52.6 Å². The maximum Gasteiger partial charge on any atom is 0.320 e. The van der Waals surface area contributed by atoms with Crippen LogP contribution in [0.15, 0.2) is 54.6 Å². The second kappa shape index (κ2) is 10.1. The molecule has 0 bridgehead atoms. The molecule has 2 N–H and O–H groups in total. The molecule has 0 aliphatic rings. The molecule has 0 radical (unpaired) electrons. The summed E-state index contributed by atoms with van der Waals surface area (Å²) in [4.78, 5) is 13.5. The zero-order valence-electron chi connectivity index (χ0n) is 14.8. The Morgan fingerprint density at radius 2 is 1.76 bits per heavy atom. The SMILES string of the molecule is CCN(c1ccccc1)c1ccc(CN[C@@H](CCSC)C(=O)O)cc1. The maximum atomic E-state index is 11.3. The molecular weight excluding hydrogens is 332 g/mol. The van der Waals surface area contributed by atoms with Crippen molar-refractivity contribution in [1.29, 1.82) is 0 Å². The van der Waals surface area contributed by atoms with Crippen LogP contribution in [0.25, 0.3) is 0 Å². The van der Waals surface area contributed by atoms with Crippen molar-refractivity contribution in [2.75, 3.05) is 23.5 Å². The van der Waals surface area contributed by atoms with Gasteiger partial charge in [0.05, 0.1) is 0 Å². The Morgan fingerprint density at radius 3 is 2.32 bits per heavy atom. The number of aliphatic carboxylic acids is 1. The molecule has 1 atom stereocenters. The van der Waals surface area contributed by atoms with Crippen molar-refractivity contribution >= 4 is 29.1 Å². The third kappa shape index (κ3) is 5.80. The van der Waals surface area contributed by atoms with E-state index < -0.39 is 12.0 Å². The summed E-state index contributed by atoms with van der Waals surface area (Å²) in [7, 11) is 0. The predicted molar refractivity (Wildman–Crippen MR) is 107 cm³/mol. The van der Waals surface area contributed by atoms with Crippen LogP contribution in [0.2, 0.25) is 0 Å². The summed E-state index contributed by atoms with van der Waals surface area (Å²) >= 11 is 1.67. The van der Waals surface area contributed by atoms with Gasteiger partial charge in [0.25, 0.3) is 0 Å². The molecule has 134 valence electrons. The van der Waals surface area contributed by atoms with E-state index in [2.05, 4.69) is 53.5 Å². The highest BCUT2D eigenvalue weighted by Gasteiger charge is 2.16. The summed E-state index contributed by atoms with van der Waals surface area (Å²) in [5.74, 6) is 0.0535. The number of anilines is 2. The number of hydrogen-bond acceptors (Lipinski definition) is 4. The Morgan fingerprint density at radius 1 is 1.12 bits per heavy atom. The van der Waals surface area contributed by atoms with E-state index in [0.29, 0.717) is 13.0 Å². The van der Waals surface area contributed by atoms with Crippen molar-refractivity contribution in [1.82, 2.24) is 5.32 Å². The van der Waals surface area contributed by atoms with Crippen molar-refractivity contribution in [3.8, 4) is 0 Å². The number of carboxylic acids is 1. The van der Waals surface area contributed by atoms with Gasteiger partial charge in [0.2, 0.25) is 0 Å². The number of para-hydroxylation sites is 1. The number of rotatable bonds is 10. The van der Waals surface area contributed by atoms with Gasteiger partial charge in [-0.2, -0.15) is 11.8 Å². The van der Waals surface area contributed by atoms with Crippen LogP contribution in [0.4, 0.5) is 11.4 Å². The highest BCUT2D eigenvalue weighted by Crippen LogP contribution is 2.25. The van der Waals surface area contributed by atoms with E-state index in [1.54, 1.807) is 11.8 Å². The molecule has 0 aliphatic carbocycles. The zero-order valence-corrected chi connectivity index (χ0v) is 15.6. The van der Waals surface area contributed by atoms with Gasteiger partial charge in [0.1, 0.15) is 6.04 Å². The predicted octanol–water partition coefficient (Wildman–Crippen LogP) is 4.14.